The summed E-state index contributed by atoms with van der Waals surface area (Å²) in [5.41, 5.74) is 8.02. The molecule has 0 spiro atoms. The third kappa shape index (κ3) is 3.98. The van der Waals surface area contributed by atoms with Crippen molar-refractivity contribution in [1.29, 1.82) is 0 Å². The van der Waals surface area contributed by atoms with E-state index >= 15 is 0 Å². The monoisotopic (exact) mass is 290 g/mol. The van der Waals surface area contributed by atoms with E-state index in [-0.39, 0.29) is 5.41 Å². The molecule has 2 N–H and O–H groups in total. The Bertz CT molecular complexity index is 458. The Morgan fingerprint density at radius 2 is 2.05 bits per heavy atom. The van der Waals surface area contributed by atoms with Gasteiger partial charge in [0.05, 0.1) is 7.11 Å². The Balaban J connectivity index is 1.97. The zero-order chi connectivity index (χ0) is 15.5. The summed E-state index contributed by atoms with van der Waals surface area (Å²) < 4.78 is 5.44. The summed E-state index contributed by atoms with van der Waals surface area (Å²) in [6, 6.07) is 8.55. The van der Waals surface area contributed by atoms with Crippen molar-refractivity contribution < 1.29 is 4.74 Å². The van der Waals surface area contributed by atoms with Crippen LogP contribution >= 0.6 is 0 Å². The molecule has 1 aromatic carbocycles. The molecule has 1 saturated carbocycles. The van der Waals surface area contributed by atoms with Crippen LogP contribution in [-0.2, 0) is 6.54 Å². The SMILES string of the molecule is COc1ccccc1CN(C)CC1CCCC(C)(C)C1N. The summed E-state index contributed by atoms with van der Waals surface area (Å²) in [6.07, 6.45) is 3.80. The zero-order valence-corrected chi connectivity index (χ0v) is 13.9. The molecule has 0 aromatic heterocycles. The van der Waals surface area contributed by atoms with Gasteiger partial charge in [-0.15, -0.1) is 0 Å². The summed E-state index contributed by atoms with van der Waals surface area (Å²) >= 11 is 0. The van der Waals surface area contributed by atoms with Gasteiger partial charge >= 0.3 is 0 Å². The van der Waals surface area contributed by atoms with Crippen LogP contribution in [-0.4, -0.2) is 31.6 Å². The second-order valence-electron chi connectivity index (χ2n) is 7.18. The van der Waals surface area contributed by atoms with Crippen molar-refractivity contribution in [2.45, 2.75) is 45.7 Å². The average Bonchev–Trinajstić information content (AvgIpc) is 2.44. The van der Waals surface area contributed by atoms with Gasteiger partial charge in [0.2, 0.25) is 0 Å². The molecular formula is C18H30N2O. The predicted octanol–water partition coefficient (Wildman–Crippen LogP) is 3.28. The van der Waals surface area contributed by atoms with Gasteiger partial charge in [-0.2, -0.15) is 0 Å². The van der Waals surface area contributed by atoms with Gasteiger partial charge in [0.25, 0.3) is 0 Å². The Morgan fingerprint density at radius 1 is 1.33 bits per heavy atom. The first-order valence-electron chi connectivity index (χ1n) is 8.00. The van der Waals surface area contributed by atoms with Gasteiger partial charge in [-0.05, 0) is 37.3 Å². The molecule has 0 saturated heterocycles. The Labute approximate surface area is 129 Å². The predicted molar refractivity (Wildman–Crippen MR) is 88.4 cm³/mol. The number of rotatable bonds is 5. The lowest BCUT2D eigenvalue weighted by atomic mass is 9.68. The summed E-state index contributed by atoms with van der Waals surface area (Å²) in [4.78, 5) is 2.38. The van der Waals surface area contributed by atoms with Crippen LogP contribution in [0.1, 0.15) is 38.7 Å². The molecule has 0 amide bonds. The number of nitrogens with zero attached hydrogens (tertiary/aromatic N) is 1. The number of benzene rings is 1. The molecule has 1 aliphatic carbocycles. The maximum atomic E-state index is 6.50. The van der Waals surface area contributed by atoms with Gasteiger partial charge in [0.1, 0.15) is 5.75 Å². The molecular weight excluding hydrogens is 260 g/mol. The van der Waals surface area contributed by atoms with Crippen LogP contribution in [0, 0.1) is 11.3 Å². The summed E-state index contributed by atoms with van der Waals surface area (Å²) in [6.45, 7) is 6.59. The maximum absolute atomic E-state index is 6.50. The van der Waals surface area contributed by atoms with E-state index in [9.17, 15) is 0 Å². The van der Waals surface area contributed by atoms with Crippen LogP contribution < -0.4 is 10.5 Å². The quantitative estimate of drug-likeness (QED) is 0.904. The van der Waals surface area contributed by atoms with Gasteiger partial charge in [0.15, 0.2) is 0 Å². The van der Waals surface area contributed by atoms with E-state index in [1.165, 1.54) is 24.8 Å². The molecule has 2 unspecified atom stereocenters. The highest BCUT2D eigenvalue weighted by molar-refractivity contribution is 5.33. The molecule has 2 rings (SSSR count). The largest absolute Gasteiger partial charge is 0.496 e. The number of ether oxygens (including phenoxy) is 1. The van der Waals surface area contributed by atoms with Crippen molar-refractivity contribution in [2.24, 2.45) is 17.1 Å². The summed E-state index contributed by atoms with van der Waals surface area (Å²) in [5.74, 6) is 1.56. The van der Waals surface area contributed by atoms with Crippen molar-refractivity contribution >= 4 is 0 Å². The minimum Gasteiger partial charge on any atom is -0.496 e. The van der Waals surface area contributed by atoms with Gasteiger partial charge in [-0.3, -0.25) is 0 Å². The molecule has 0 heterocycles. The Hall–Kier alpha value is -1.06. The zero-order valence-electron chi connectivity index (χ0n) is 13.9. The molecule has 1 fully saturated rings. The number of hydrogen-bond acceptors (Lipinski definition) is 3. The number of nitrogens with two attached hydrogens (primary N) is 1. The molecule has 3 nitrogen and oxygen atoms in total. The molecule has 1 aromatic rings. The van der Waals surface area contributed by atoms with Crippen LogP contribution in [0.4, 0.5) is 0 Å². The smallest absolute Gasteiger partial charge is 0.123 e. The molecule has 2 atom stereocenters. The standard InChI is InChI=1S/C18H30N2O/c1-18(2)11-7-9-15(17(18)19)13-20(3)12-14-8-5-6-10-16(14)21-4/h5-6,8,10,15,17H,7,9,11-13,19H2,1-4H3. The number of hydrogen-bond donors (Lipinski definition) is 1. The molecule has 0 aliphatic heterocycles. The van der Waals surface area contributed by atoms with Crippen LogP contribution in [0.25, 0.3) is 0 Å². The van der Waals surface area contributed by atoms with Crippen molar-refractivity contribution in [3.8, 4) is 5.75 Å². The fraction of sp³-hybridized carbons (Fsp3) is 0.667. The molecule has 0 bridgehead atoms. The lowest BCUT2D eigenvalue weighted by Crippen LogP contribution is -2.49. The topological polar surface area (TPSA) is 38.5 Å². The first-order valence-corrected chi connectivity index (χ1v) is 8.00. The normalized spacial score (nSPS) is 25.0. The highest BCUT2D eigenvalue weighted by Gasteiger charge is 2.36. The third-order valence-electron chi connectivity index (χ3n) is 4.99. The van der Waals surface area contributed by atoms with Gasteiger partial charge in [0, 0.05) is 24.7 Å². The fourth-order valence-electron chi connectivity index (χ4n) is 3.60. The van der Waals surface area contributed by atoms with E-state index in [1.807, 2.05) is 12.1 Å². The minimum absolute atomic E-state index is 0.272. The molecule has 1 aliphatic rings. The van der Waals surface area contributed by atoms with E-state index in [1.54, 1.807) is 7.11 Å². The number of methoxy groups -OCH3 is 1. The lowest BCUT2D eigenvalue weighted by molar-refractivity contribution is 0.108. The molecule has 21 heavy (non-hydrogen) atoms. The fourth-order valence-corrected chi connectivity index (χ4v) is 3.60. The molecule has 118 valence electrons. The van der Waals surface area contributed by atoms with E-state index < -0.39 is 0 Å². The second kappa shape index (κ2) is 6.80. The highest BCUT2D eigenvalue weighted by Crippen LogP contribution is 2.38. The van der Waals surface area contributed by atoms with Crippen LogP contribution in [0.5, 0.6) is 5.75 Å². The average molecular weight is 290 g/mol. The second-order valence-corrected chi connectivity index (χ2v) is 7.18. The Kier molecular flexibility index (Phi) is 5.28. The minimum atomic E-state index is 0.272. The Morgan fingerprint density at radius 3 is 2.76 bits per heavy atom. The maximum Gasteiger partial charge on any atom is 0.123 e. The van der Waals surface area contributed by atoms with E-state index in [0.717, 1.165) is 18.8 Å². The summed E-state index contributed by atoms with van der Waals surface area (Å²) in [5, 5.41) is 0. The molecule has 0 radical (unpaired) electrons. The van der Waals surface area contributed by atoms with Crippen molar-refractivity contribution in [3.63, 3.8) is 0 Å². The van der Waals surface area contributed by atoms with Gasteiger partial charge < -0.3 is 15.4 Å². The number of para-hydroxylation sites is 1. The van der Waals surface area contributed by atoms with Crippen molar-refractivity contribution in [3.05, 3.63) is 29.8 Å². The van der Waals surface area contributed by atoms with Crippen molar-refractivity contribution in [1.82, 2.24) is 4.90 Å². The van der Waals surface area contributed by atoms with Gasteiger partial charge in [-0.1, -0.05) is 38.5 Å². The van der Waals surface area contributed by atoms with Crippen LogP contribution in [0.2, 0.25) is 0 Å². The van der Waals surface area contributed by atoms with Crippen LogP contribution in [0.3, 0.4) is 0 Å². The van der Waals surface area contributed by atoms with Gasteiger partial charge in [-0.25, -0.2) is 0 Å². The highest BCUT2D eigenvalue weighted by atomic mass is 16.5. The summed E-state index contributed by atoms with van der Waals surface area (Å²) in [7, 11) is 3.92. The van der Waals surface area contributed by atoms with E-state index in [2.05, 4.69) is 37.9 Å². The van der Waals surface area contributed by atoms with E-state index in [0.29, 0.717) is 12.0 Å². The third-order valence-corrected chi connectivity index (χ3v) is 4.99. The molecule has 3 heteroatoms. The van der Waals surface area contributed by atoms with Crippen LogP contribution in [0.15, 0.2) is 24.3 Å². The lowest BCUT2D eigenvalue weighted by Gasteiger charge is -2.43. The first-order chi connectivity index (χ1) is 9.94. The first kappa shape index (κ1) is 16.3. The van der Waals surface area contributed by atoms with Crippen molar-refractivity contribution in [2.75, 3.05) is 20.7 Å². The van der Waals surface area contributed by atoms with E-state index in [4.69, 9.17) is 10.5 Å².